The van der Waals surface area contributed by atoms with Crippen molar-refractivity contribution in [1.82, 2.24) is 4.31 Å². The normalized spacial score (nSPS) is 12.0. The van der Waals surface area contributed by atoms with Crippen LogP contribution in [0.1, 0.15) is 5.56 Å². The third-order valence-electron chi connectivity index (χ3n) is 3.93. The number of nitrogens with one attached hydrogen (secondary N) is 1. The van der Waals surface area contributed by atoms with Gasteiger partial charge in [-0.05, 0) is 24.3 Å². The van der Waals surface area contributed by atoms with Gasteiger partial charge in [-0.3, -0.25) is 4.79 Å². The molecule has 7 nitrogen and oxygen atoms in total. The van der Waals surface area contributed by atoms with Gasteiger partial charge in [0.2, 0.25) is 15.9 Å². The number of ether oxygens (including phenoxy) is 2. The first kappa shape index (κ1) is 22.5. The van der Waals surface area contributed by atoms with Crippen LogP contribution in [-0.2, 0) is 21.0 Å². The molecule has 0 radical (unpaired) electrons. The molecule has 0 aromatic heterocycles. The average molecular weight is 432 g/mol. The van der Waals surface area contributed by atoms with Crippen LogP contribution in [0.4, 0.5) is 18.9 Å². The summed E-state index contributed by atoms with van der Waals surface area (Å²) in [4.78, 5) is 12.0. The van der Waals surface area contributed by atoms with Gasteiger partial charge in [0.15, 0.2) is 0 Å². The summed E-state index contributed by atoms with van der Waals surface area (Å²) in [6.07, 6.45) is -4.67. The number of carbonyl (C=O) groups is 1. The summed E-state index contributed by atoms with van der Waals surface area (Å²) >= 11 is 0. The molecule has 1 N–H and O–H groups in total. The molecular weight excluding hydrogens is 413 g/mol. The van der Waals surface area contributed by atoms with Gasteiger partial charge in [0.25, 0.3) is 0 Å². The molecule has 158 valence electrons. The highest BCUT2D eigenvalue weighted by Gasteiger charge is 2.34. The average Bonchev–Trinajstić information content (AvgIpc) is 2.66. The van der Waals surface area contributed by atoms with Crippen molar-refractivity contribution >= 4 is 21.6 Å². The number of alkyl halides is 3. The summed E-state index contributed by atoms with van der Waals surface area (Å²) in [5.74, 6) is -0.656. The molecule has 0 aliphatic rings. The quantitative estimate of drug-likeness (QED) is 0.727. The second-order valence-electron chi connectivity index (χ2n) is 5.87. The zero-order valence-corrected chi connectivity index (χ0v) is 16.6. The van der Waals surface area contributed by atoms with Crippen LogP contribution in [0.2, 0.25) is 0 Å². The number of carbonyl (C=O) groups excluding carboxylic acids is 1. The molecule has 0 fully saturated rings. The van der Waals surface area contributed by atoms with Crippen molar-refractivity contribution in [3.63, 3.8) is 0 Å². The number of sulfonamides is 1. The molecule has 0 atom stereocenters. The minimum Gasteiger partial charge on any atom is -0.497 e. The fraction of sp³-hybridized carbons (Fsp3) is 0.278. The molecular formula is C18H19F3N2O5S. The number of para-hydroxylation sites is 1. The highest BCUT2D eigenvalue weighted by Crippen LogP contribution is 2.34. The molecule has 11 heteroatoms. The largest absolute Gasteiger partial charge is 0.497 e. The maximum atomic E-state index is 13.0. The Morgan fingerprint density at radius 3 is 2.34 bits per heavy atom. The van der Waals surface area contributed by atoms with Crippen LogP contribution < -0.4 is 14.8 Å². The first-order valence-corrected chi connectivity index (χ1v) is 9.59. The minimum atomic E-state index is -4.67. The predicted octanol–water partition coefficient (Wildman–Crippen LogP) is 2.98. The fourth-order valence-electron chi connectivity index (χ4n) is 2.47. The van der Waals surface area contributed by atoms with Crippen LogP contribution in [0.25, 0.3) is 0 Å². The van der Waals surface area contributed by atoms with E-state index in [9.17, 15) is 26.4 Å². The summed E-state index contributed by atoms with van der Waals surface area (Å²) < 4.78 is 75.5. The minimum absolute atomic E-state index is 0.0282. The van der Waals surface area contributed by atoms with E-state index in [-0.39, 0.29) is 16.4 Å². The number of likely N-dealkylation sites (N-methyl/N-ethyl adjacent to an activating group) is 1. The van der Waals surface area contributed by atoms with Crippen molar-refractivity contribution in [1.29, 1.82) is 0 Å². The van der Waals surface area contributed by atoms with Gasteiger partial charge in [0.05, 0.1) is 32.0 Å². The maximum Gasteiger partial charge on any atom is 0.418 e. The van der Waals surface area contributed by atoms with Crippen molar-refractivity contribution in [3.8, 4) is 11.5 Å². The second kappa shape index (κ2) is 8.70. The van der Waals surface area contributed by atoms with E-state index in [1.807, 2.05) is 0 Å². The maximum absolute atomic E-state index is 13.0. The van der Waals surface area contributed by atoms with Gasteiger partial charge in [0.1, 0.15) is 16.4 Å². The van der Waals surface area contributed by atoms with Crippen LogP contribution in [-0.4, -0.2) is 46.4 Å². The van der Waals surface area contributed by atoms with E-state index in [0.717, 1.165) is 19.2 Å². The highest BCUT2D eigenvalue weighted by atomic mass is 32.2. The zero-order chi connectivity index (χ0) is 21.8. The number of hydrogen-bond donors (Lipinski definition) is 1. The van der Waals surface area contributed by atoms with E-state index in [1.54, 1.807) is 0 Å². The summed E-state index contributed by atoms with van der Waals surface area (Å²) in [6, 6.07) is 8.52. The summed E-state index contributed by atoms with van der Waals surface area (Å²) in [5, 5.41) is 2.10. The standard InChI is InChI=1S/C18H19F3N2O5S/c1-23(29(25,26)16-10-12(27-2)8-9-15(16)28-3)11-17(24)22-14-7-5-4-6-13(14)18(19,20)21/h4-10H,11H2,1-3H3,(H,22,24). The Hall–Kier alpha value is -2.79. The van der Waals surface area contributed by atoms with Crippen LogP contribution >= 0.6 is 0 Å². The molecule has 0 aliphatic carbocycles. The number of anilines is 1. The van der Waals surface area contributed by atoms with Crippen molar-refractivity contribution in [2.45, 2.75) is 11.1 Å². The van der Waals surface area contributed by atoms with Gasteiger partial charge >= 0.3 is 6.18 Å². The third-order valence-corrected chi connectivity index (χ3v) is 5.76. The van der Waals surface area contributed by atoms with E-state index >= 15 is 0 Å². The van der Waals surface area contributed by atoms with E-state index in [0.29, 0.717) is 4.31 Å². The van der Waals surface area contributed by atoms with Gasteiger partial charge in [-0.25, -0.2) is 8.42 Å². The predicted molar refractivity (Wildman–Crippen MR) is 99.4 cm³/mol. The van der Waals surface area contributed by atoms with Crippen LogP contribution in [0.3, 0.4) is 0 Å². The molecule has 29 heavy (non-hydrogen) atoms. The van der Waals surface area contributed by atoms with Gasteiger partial charge < -0.3 is 14.8 Å². The topological polar surface area (TPSA) is 84.9 Å². The van der Waals surface area contributed by atoms with Crippen molar-refractivity contribution < 1.29 is 35.9 Å². The summed E-state index contributed by atoms with van der Waals surface area (Å²) in [7, 11) is -0.432. The van der Waals surface area contributed by atoms with Crippen molar-refractivity contribution in [2.75, 3.05) is 33.1 Å². The van der Waals surface area contributed by atoms with Crippen LogP contribution in [0.15, 0.2) is 47.4 Å². The molecule has 0 bridgehead atoms. The Morgan fingerprint density at radius 1 is 1.10 bits per heavy atom. The molecule has 2 rings (SSSR count). The molecule has 1 amide bonds. The Bertz CT molecular complexity index is 993. The summed E-state index contributed by atoms with van der Waals surface area (Å²) in [6.45, 7) is -0.713. The Labute approximate surface area is 166 Å². The van der Waals surface area contributed by atoms with E-state index in [1.165, 1.54) is 44.6 Å². The molecule has 2 aromatic rings. The molecule has 0 aliphatic heterocycles. The lowest BCUT2D eigenvalue weighted by Crippen LogP contribution is -2.35. The van der Waals surface area contributed by atoms with Crippen LogP contribution in [0.5, 0.6) is 11.5 Å². The smallest absolute Gasteiger partial charge is 0.418 e. The highest BCUT2D eigenvalue weighted by molar-refractivity contribution is 7.89. The third kappa shape index (κ3) is 5.18. The number of rotatable bonds is 7. The van der Waals surface area contributed by atoms with E-state index < -0.39 is 39.9 Å². The van der Waals surface area contributed by atoms with Gasteiger partial charge in [0, 0.05) is 13.1 Å². The molecule has 0 spiro atoms. The zero-order valence-electron chi connectivity index (χ0n) is 15.8. The van der Waals surface area contributed by atoms with Crippen molar-refractivity contribution in [2.24, 2.45) is 0 Å². The molecule has 0 unspecified atom stereocenters. The number of methoxy groups -OCH3 is 2. The van der Waals surface area contributed by atoms with E-state index in [4.69, 9.17) is 9.47 Å². The molecule has 0 saturated heterocycles. The number of benzene rings is 2. The van der Waals surface area contributed by atoms with E-state index in [2.05, 4.69) is 5.32 Å². The first-order valence-electron chi connectivity index (χ1n) is 8.15. The van der Waals surface area contributed by atoms with Gasteiger partial charge in [-0.15, -0.1) is 0 Å². The lowest BCUT2D eigenvalue weighted by molar-refractivity contribution is -0.137. The second-order valence-corrected chi connectivity index (χ2v) is 7.88. The lowest BCUT2D eigenvalue weighted by atomic mass is 10.1. The SMILES string of the molecule is COc1ccc(OC)c(S(=O)(=O)N(C)CC(=O)Nc2ccccc2C(F)(F)F)c1. The molecule has 2 aromatic carbocycles. The monoisotopic (exact) mass is 432 g/mol. The van der Waals surface area contributed by atoms with Crippen LogP contribution in [0, 0.1) is 0 Å². The molecule has 0 heterocycles. The number of hydrogen-bond acceptors (Lipinski definition) is 5. The first-order chi connectivity index (χ1) is 13.5. The van der Waals surface area contributed by atoms with Crippen molar-refractivity contribution in [3.05, 3.63) is 48.0 Å². The summed E-state index contributed by atoms with van der Waals surface area (Å²) in [5.41, 5.74) is -1.50. The van der Waals surface area contributed by atoms with Gasteiger partial charge in [-0.1, -0.05) is 12.1 Å². The lowest BCUT2D eigenvalue weighted by Gasteiger charge is -2.20. The fourth-order valence-corrected chi connectivity index (χ4v) is 3.76. The number of amides is 1. The Kier molecular flexibility index (Phi) is 6.75. The number of nitrogens with zero attached hydrogens (tertiary/aromatic N) is 1. The molecule has 0 saturated carbocycles. The number of halogens is 3. The Balaban J connectivity index is 2.24. The Morgan fingerprint density at radius 2 is 1.76 bits per heavy atom. The van der Waals surface area contributed by atoms with Gasteiger partial charge in [-0.2, -0.15) is 17.5 Å².